The summed E-state index contributed by atoms with van der Waals surface area (Å²) >= 11 is 1.69. The zero-order chi connectivity index (χ0) is 15.9. The van der Waals surface area contributed by atoms with E-state index in [-0.39, 0.29) is 5.91 Å². The number of ether oxygens (including phenoxy) is 2. The summed E-state index contributed by atoms with van der Waals surface area (Å²) in [5.74, 6) is 1.72. The van der Waals surface area contributed by atoms with Crippen LogP contribution in [0, 0.1) is 0 Å². The molecular weight excluding hydrogens is 310 g/mol. The van der Waals surface area contributed by atoms with E-state index in [0.717, 1.165) is 36.3 Å². The Morgan fingerprint density at radius 3 is 2.83 bits per heavy atom. The van der Waals surface area contributed by atoms with E-state index in [1.165, 1.54) is 4.88 Å². The van der Waals surface area contributed by atoms with Gasteiger partial charge in [0.1, 0.15) is 0 Å². The molecule has 122 valence electrons. The molecule has 2 aromatic rings. The van der Waals surface area contributed by atoms with Crippen LogP contribution >= 0.6 is 11.3 Å². The molecule has 1 aliphatic heterocycles. The van der Waals surface area contributed by atoms with Gasteiger partial charge in [-0.3, -0.25) is 4.79 Å². The van der Waals surface area contributed by atoms with Gasteiger partial charge >= 0.3 is 0 Å². The smallest absolute Gasteiger partial charge is 0.220 e. The highest BCUT2D eigenvalue weighted by Gasteiger charge is 2.10. The fourth-order valence-corrected chi connectivity index (χ4v) is 3.20. The molecule has 1 aromatic heterocycles. The number of amides is 1. The molecule has 1 N–H and O–H groups in total. The van der Waals surface area contributed by atoms with Gasteiger partial charge in [-0.25, -0.2) is 0 Å². The molecular formula is C18H21NO3S. The first-order valence-corrected chi connectivity index (χ1v) is 8.87. The number of fused-ring (bicyclic) bond motifs is 1. The predicted molar refractivity (Wildman–Crippen MR) is 91.4 cm³/mol. The molecule has 0 atom stereocenters. The number of hydrogen-bond acceptors (Lipinski definition) is 4. The molecule has 23 heavy (non-hydrogen) atoms. The number of carbonyl (C=O) groups excluding carboxylic acids is 1. The summed E-state index contributed by atoms with van der Waals surface area (Å²) in [6, 6.07) is 10.1. The van der Waals surface area contributed by atoms with Gasteiger partial charge in [0, 0.05) is 24.3 Å². The van der Waals surface area contributed by atoms with Crippen LogP contribution in [-0.4, -0.2) is 25.7 Å². The van der Waals surface area contributed by atoms with Crippen molar-refractivity contribution in [3.05, 3.63) is 46.2 Å². The average Bonchev–Trinajstić information content (AvgIpc) is 2.97. The highest BCUT2D eigenvalue weighted by molar-refractivity contribution is 7.09. The quantitative estimate of drug-likeness (QED) is 0.884. The van der Waals surface area contributed by atoms with Crippen molar-refractivity contribution in [1.29, 1.82) is 0 Å². The summed E-state index contributed by atoms with van der Waals surface area (Å²) in [4.78, 5) is 13.1. The Bertz CT molecular complexity index is 640. The molecule has 0 unspecified atom stereocenters. The summed E-state index contributed by atoms with van der Waals surface area (Å²) in [6.45, 7) is 2.03. The molecule has 1 aromatic carbocycles. The van der Waals surface area contributed by atoms with Crippen molar-refractivity contribution in [2.75, 3.05) is 19.8 Å². The Kier molecular flexibility index (Phi) is 5.53. The fraction of sp³-hybridized carbons (Fsp3) is 0.389. The second-order valence-corrected chi connectivity index (χ2v) is 6.54. The van der Waals surface area contributed by atoms with Crippen LogP contribution in [0.4, 0.5) is 0 Å². The summed E-state index contributed by atoms with van der Waals surface area (Å²) < 4.78 is 11.3. The molecule has 3 rings (SSSR count). The van der Waals surface area contributed by atoms with Crippen LogP contribution < -0.4 is 14.8 Å². The summed E-state index contributed by atoms with van der Waals surface area (Å²) in [6.07, 6.45) is 3.06. The van der Waals surface area contributed by atoms with Gasteiger partial charge in [-0.15, -0.1) is 11.3 Å². The minimum atomic E-state index is 0.104. The van der Waals surface area contributed by atoms with Gasteiger partial charge in [0.25, 0.3) is 0 Å². The molecule has 2 heterocycles. The van der Waals surface area contributed by atoms with Crippen LogP contribution in [0.2, 0.25) is 0 Å². The van der Waals surface area contributed by atoms with Crippen LogP contribution in [0.25, 0.3) is 0 Å². The minimum Gasteiger partial charge on any atom is -0.490 e. The van der Waals surface area contributed by atoms with Crippen LogP contribution in [0.15, 0.2) is 35.7 Å². The van der Waals surface area contributed by atoms with E-state index in [1.54, 1.807) is 11.3 Å². The summed E-state index contributed by atoms with van der Waals surface area (Å²) in [5.41, 5.74) is 1.15. The Hall–Kier alpha value is -2.01. The van der Waals surface area contributed by atoms with Crippen molar-refractivity contribution in [2.24, 2.45) is 0 Å². The van der Waals surface area contributed by atoms with E-state index in [9.17, 15) is 4.79 Å². The largest absolute Gasteiger partial charge is 0.490 e. The fourth-order valence-electron chi connectivity index (χ4n) is 2.49. The van der Waals surface area contributed by atoms with Gasteiger partial charge in [-0.05, 0) is 42.0 Å². The highest BCUT2D eigenvalue weighted by Crippen LogP contribution is 2.30. The number of aryl methyl sites for hydroxylation is 1. The number of benzene rings is 1. The van der Waals surface area contributed by atoms with E-state index in [4.69, 9.17) is 9.47 Å². The third kappa shape index (κ3) is 4.73. The molecule has 0 saturated heterocycles. The first-order valence-electron chi connectivity index (χ1n) is 7.99. The maximum atomic E-state index is 11.9. The minimum absolute atomic E-state index is 0.104. The van der Waals surface area contributed by atoms with Crippen molar-refractivity contribution in [2.45, 2.75) is 25.7 Å². The summed E-state index contributed by atoms with van der Waals surface area (Å²) in [5, 5.41) is 5.02. The molecule has 1 aliphatic rings. The first-order chi connectivity index (χ1) is 11.3. The lowest BCUT2D eigenvalue weighted by atomic mass is 10.1. The number of hydrogen-bond donors (Lipinski definition) is 1. The summed E-state index contributed by atoms with van der Waals surface area (Å²) in [7, 11) is 0. The number of rotatable bonds is 6. The van der Waals surface area contributed by atoms with E-state index < -0.39 is 0 Å². The van der Waals surface area contributed by atoms with Crippen molar-refractivity contribution in [1.82, 2.24) is 5.32 Å². The second kappa shape index (κ2) is 8.02. The van der Waals surface area contributed by atoms with E-state index in [2.05, 4.69) is 11.4 Å². The lowest BCUT2D eigenvalue weighted by Crippen LogP contribution is -2.25. The topological polar surface area (TPSA) is 47.6 Å². The number of thiophene rings is 1. The lowest BCUT2D eigenvalue weighted by Gasteiger charge is -2.10. The molecule has 0 saturated carbocycles. The third-order valence-electron chi connectivity index (χ3n) is 3.73. The van der Waals surface area contributed by atoms with Crippen molar-refractivity contribution >= 4 is 17.2 Å². The van der Waals surface area contributed by atoms with Crippen LogP contribution in [0.3, 0.4) is 0 Å². The molecule has 0 bridgehead atoms. The van der Waals surface area contributed by atoms with Gasteiger partial charge in [0.2, 0.25) is 5.91 Å². The zero-order valence-corrected chi connectivity index (χ0v) is 13.9. The maximum absolute atomic E-state index is 11.9. The average molecular weight is 331 g/mol. The third-order valence-corrected chi connectivity index (χ3v) is 4.66. The van der Waals surface area contributed by atoms with Crippen molar-refractivity contribution in [3.63, 3.8) is 0 Å². The van der Waals surface area contributed by atoms with Crippen LogP contribution in [0.5, 0.6) is 11.5 Å². The molecule has 4 nitrogen and oxygen atoms in total. The predicted octanol–water partition coefficient (Wildman–Crippen LogP) is 3.20. The Balaban J connectivity index is 1.43. The molecule has 5 heteroatoms. The molecule has 0 spiro atoms. The maximum Gasteiger partial charge on any atom is 0.220 e. The van der Waals surface area contributed by atoms with E-state index in [0.29, 0.717) is 26.2 Å². The monoisotopic (exact) mass is 331 g/mol. The van der Waals surface area contributed by atoms with E-state index >= 15 is 0 Å². The standard InChI is InChI=1S/C18H21NO3S/c20-18(7-5-15-3-1-12-23-15)19-9-8-14-4-6-16-17(13-14)22-11-2-10-21-16/h1,3-4,6,12-13H,2,5,7-11H2,(H,19,20). The normalized spacial score (nSPS) is 13.4. The molecule has 0 radical (unpaired) electrons. The Morgan fingerprint density at radius 2 is 2.00 bits per heavy atom. The highest BCUT2D eigenvalue weighted by atomic mass is 32.1. The zero-order valence-electron chi connectivity index (χ0n) is 13.0. The van der Waals surface area contributed by atoms with Gasteiger partial charge < -0.3 is 14.8 Å². The second-order valence-electron chi connectivity index (χ2n) is 5.51. The van der Waals surface area contributed by atoms with Crippen LogP contribution in [-0.2, 0) is 17.6 Å². The Labute approximate surface area is 140 Å². The van der Waals surface area contributed by atoms with Gasteiger partial charge in [0.05, 0.1) is 13.2 Å². The number of nitrogens with one attached hydrogen (secondary N) is 1. The molecule has 1 amide bonds. The van der Waals surface area contributed by atoms with Gasteiger partial charge in [-0.1, -0.05) is 12.1 Å². The van der Waals surface area contributed by atoms with E-state index in [1.807, 2.05) is 29.6 Å². The Morgan fingerprint density at radius 1 is 1.13 bits per heavy atom. The van der Waals surface area contributed by atoms with Crippen molar-refractivity contribution < 1.29 is 14.3 Å². The molecule has 0 aliphatic carbocycles. The molecule has 0 fully saturated rings. The lowest BCUT2D eigenvalue weighted by molar-refractivity contribution is -0.121. The van der Waals surface area contributed by atoms with Crippen LogP contribution in [0.1, 0.15) is 23.3 Å². The van der Waals surface area contributed by atoms with Gasteiger partial charge in [-0.2, -0.15) is 0 Å². The van der Waals surface area contributed by atoms with Crippen molar-refractivity contribution in [3.8, 4) is 11.5 Å². The van der Waals surface area contributed by atoms with Gasteiger partial charge in [0.15, 0.2) is 11.5 Å². The SMILES string of the molecule is O=C(CCc1cccs1)NCCc1ccc2c(c1)OCCCO2. The number of carbonyl (C=O) groups is 1. The first kappa shape index (κ1) is 15.9.